The average molecular weight is 416 g/mol. The van der Waals surface area contributed by atoms with Crippen LogP contribution in [0.4, 0.5) is 5.69 Å². The van der Waals surface area contributed by atoms with Crippen molar-refractivity contribution in [2.45, 2.75) is 43.5 Å². The number of carbonyl (C=O) groups excluding carboxylic acids is 1. The van der Waals surface area contributed by atoms with E-state index in [0.717, 1.165) is 24.1 Å². The van der Waals surface area contributed by atoms with Gasteiger partial charge in [0.15, 0.2) is 0 Å². The van der Waals surface area contributed by atoms with Gasteiger partial charge in [0.1, 0.15) is 0 Å². The summed E-state index contributed by atoms with van der Waals surface area (Å²) in [7, 11) is -3.52. The van der Waals surface area contributed by atoms with Gasteiger partial charge in [-0.2, -0.15) is 0 Å². The van der Waals surface area contributed by atoms with Gasteiger partial charge < -0.3 is 5.32 Å². The van der Waals surface area contributed by atoms with Crippen molar-refractivity contribution in [2.24, 2.45) is 0 Å². The highest BCUT2D eigenvalue weighted by atomic mass is 32.2. The van der Waals surface area contributed by atoms with Crippen molar-refractivity contribution in [2.75, 3.05) is 25.0 Å². The summed E-state index contributed by atoms with van der Waals surface area (Å²) in [5.41, 5.74) is 1.93. The molecule has 2 aromatic rings. The minimum atomic E-state index is -3.52. The van der Waals surface area contributed by atoms with E-state index in [4.69, 9.17) is 0 Å². The third kappa shape index (κ3) is 6.39. The lowest BCUT2D eigenvalue weighted by atomic mass is 10.1. The summed E-state index contributed by atoms with van der Waals surface area (Å²) >= 11 is 0. The second kappa shape index (κ2) is 10.0. The highest BCUT2D eigenvalue weighted by Gasteiger charge is 2.25. The summed E-state index contributed by atoms with van der Waals surface area (Å²) in [5, 5.41) is 2.88. The van der Waals surface area contributed by atoms with Crippen LogP contribution in [0.25, 0.3) is 0 Å². The smallest absolute Gasteiger partial charge is 0.240 e. The van der Waals surface area contributed by atoms with Crippen molar-refractivity contribution >= 4 is 21.6 Å². The molecule has 3 rings (SSSR count). The first-order valence-corrected chi connectivity index (χ1v) is 11.6. The minimum absolute atomic E-state index is 0.0533. The molecule has 0 saturated carbocycles. The summed E-state index contributed by atoms with van der Waals surface area (Å²) in [5.74, 6) is -0.0533. The van der Waals surface area contributed by atoms with Crippen LogP contribution in [0, 0.1) is 0 Å². The zero-order valence-corrected chi connectivity index (χ0v) is 17.6. The Morgan fingerprint density at radius 2 is 1.69 bits per heavy atom. The third-order valence-electron chi connectivity index (χ3n) is 5.11. The molecule has 0 atom stereocenters. The molecule has 156 valence electrons. The van der Waals surface area contributed by atoms with Crippen molar-refractivity contribution in [3.8, 4) is 0 Å². The Bertz CT molecular complexity index is 891. The lowest BCUT2D eigenvalue weighted by molar-refractivity contribution is -0.117. The predicted molar refractivity (Wildman–Crippen MR) is 115 cm³/mol. The van der Waals surface area contributed by atoms with Gasteiger partial charge in [-0.3, -0.25) is 9.69 Å². The molecule has 1 heterocycles. The number of piperidine rings is 1. The van der Waals surface area contributed by atoms with Crippen molar-refractivity contribution in [1.29, 1.82) is 0 Å². The predicted octanol–water partition coefficient (Wildman–Crippen LogP) is 3.02. The first kappa shape index (κ1) is 21.5. The average Bonchev–Trinajstić information content (AvgIpc) is 2.71. The lowest BCUT2D eigenvalue weighted by Gasteiger charge is -2.31. The van der Waals surface area contributed by atoms with Gasteiger partial charge in [0, 0.05) is 24.8 Å². The van der Waals surface area contributed by atoms with E-state index in [9.17, 15) is 13.2 Å². The van der Waals surface area contributed by atoms with Crippen LogP contribution in [-0.4, -0.2) is 44.9 Å². The van der Waals surface area contributed by atoms with E-state index in [1.807, 2.05) is 42.5 Å². The summed E-state index contributed by atoms with van der Waals surface area (Å²) in [6.07, 6.45) is 3.36. The van der Waals surface area contributed by atoms with Crippen molar-refractivity contribution < 1.29 is 13.2 Å². The fraction of sp³-hybridized carbons (Fsp3) is 0.409. The van der Waals surface area contributed by atoms with E-state index >= 15 is 0 Å². The molecule has 1 saturated heterocycles. The SMILES string of the molecule is CCCc1ccc(S(=O)(=O)NC2CCN(CC(=O)Nc3ccccc3)CC2)cc1. The molecule has 1 aliphatic rings. The second-order valence-corrected chi connectivity index (χ2v) is 9.19. The first-order chi connectivity index (χ1) is 14.0. The highest BCUT2D eigenvalue weighted by Crippen LogP contribution is 2.16. The van der Waals surface area contributed by atoms with Crippen LogP contribution in [0.1, 0.15) is 31.7 Å². The Morgan fingerprint density at radius 1 is 1.03 bits per heavy atom. The maximum atomic E-state index is 12.6. The molecule has 0 aromatic heterocycles. The molecule has 0 aliphatic carbocycles. The topological polar surface area (TPSA) is 78.5 Å². The number of hydrogen-bond donors (Lipinski definition) is 2. The Morgan fingerprint density at radius 3 is 2.31 bits per heavy atom. The molecule has 2 N–H and O–H groups in total. The number of amides is 1. The minimum Gasteiger partial charge on any atom is -0.325 e. The number of nitrogens with one attached hydrogen (secondary N) is 2. The van der Waals surface area contributed by atoms with Gasteiger partial charge in [-0.1, -0.05) is 43.7 Å². The van der Waals surface area contributed by atoms with Gasteiger partial charge in [0.25, 0.3) is 0 Å². The quantitative estimate of drug-likeness (QED) is 0.695. The number of likely N-dealkylation sites (tertiary alicyclic amines) is 1. The number of rotatable bonds is 8. The van der Waals surface area contributed by atoms with E-state index in [-0.39, 0.29) is 11.9 Å². The zero-order chi connectivity index (χ0) is 20.7. The van der Waals surface area contributed by atoms with Crippen LogP contribution in [0.2, 0.25) is 0 Å². The van der Waals surface area contributed by atoms with Crippen LogP contribution in [0.15, 0.2) is 59.5 Å². The molecule has 0 bridgehead atoms. The molecule has 1 amide bonds. The lowest BCUT2D eigenvalue weighted by Crippen LogP contribution is -2.46. The van der Waals surface area contributed by atoms with Crippen LogP contribution < -0.4 is 10.0 Å². The number of nitrogens with zero attached hydrogens (tertiary/aromatic N) is 1. The molecular formula is C22H29N3O3S. The van der Waals surface area contributed by atoms with Gasteiger partial charge in [-0.05, 0) is 49.1 Å². The highest BCUT2D eigenvalue weighted by molar-refractivity contribution is 7.89. The van der Waals surface area contributed by atoms with Crippen molar-refractivity contribution in [1.82, 2.24) is 9.62 Å². The largest absolute Gasteiger partial charge is 0.325 e. The third-order valence-corrected chi connectivity index (χ3v) is 6.64. The normalized spacial score (nSPS) is 15.9. The van der Waals surface area contributed by atoms with E-state index < -0.39 is 10.0 Å². The van der Waals surface area contributed by atoms with Gasteiger partial charge in [-0.15, -0.1) is 0 Å². The Hall–Kier alpha value is -2.22. The molecular weight excluding hydrogens is 386 g/mol. The molecule has 7 heteroatoms. The number of carbonyl (C=O) groups is 1. The summed E-state index contributed by atoms with van der Waals surface area (Å²) in [4.78, 5) is 14.6. The monoisotopic (exact) mass is 415 g/mol. The molecule has 29 heavy (non-hydrogen) atoms. The van der Waals surface area contributed by atoms with E-state index in [0.29, 0.717) is 37.4 Å². The zero-order valence-electron chi connectivity index (χ0n) is 16.8. The molecule has 0 spiro atoms. The van der Waals surface area contributed by atoms with Gasteiger partial charge >= 0.3 is 0 Å². The number of anilines is 1. The summed E-state index contributed by atoms with van der Waals surface area (Å²) in [6, 6.07) is 16.4. The van der Waals surface area contributed by atoms with E-state index in [1.165, 1.54) is 0 Å². The maximum Gasteiger partial charge on any atom is 0.240 e. The molecule has 6 nitrogen and oxygen atoms in total. The van der Waals surface area contributed by atoms with Crippen LogP contribution in [0.5, 0.6) is 0 Å². The Balaban J connectivity index is 1.47. The van der Waals surface area contributed by atoms with Crippen molar-refractivity contribution in [3.63, 3.8) is 0 Å². The number of para-hydroxylation sites is 1. The van der Waals surface area contributed by atoms with E-state index in [2.05, 4.69) is 21.9 Å². The standard InChI is InChI=1S/C22H29N3O3S/c1-2-6-18-9-11-21(12-10-18)29(27,28)24-20-13-15-25(16-14-20)17-22(26)23-19-7-4-3-5-8-19/h3-5,7-12,20,24H,2,6,13-17H2,1H3,(H,23,26). The fourth-order valence-electron chi connectivity index (χ4n) is 3.55. The molecule has 1 fully saturated rings. The fourth-order valence-corrected chi connectivity index (χ4v) is 4.85. The van der Waals surface area contributed by atoms with E-state index in [1.54, 1.807) is 12.1 Å². The molecule has 0 radical (unpaired) electrons. The van der Waals surface area contributed by atoms with Crippen LogP contribution in [-0.2, 0) is 21.2 Å². The number of sulfonamides is 1. The summed E-state index contributed by atoms with van der Waals surface area (Å²) in [6.45, 7) is 3.78. The van der Waals surface area contributed by atoms with Gasteiger partial charge in [0.2, 0.25) is 15.9 Å². The molecule has 1 aliphatic heterocycles. The number of aryl methyl sites for hydroxylation is 1. The Labute approximate surface area is 173 Å². The number of hydrogen-bond acceptors (Lipinski definition) is 4. The maximum absolute atomic E-state index is 12.6. The Kier molecular flexibility index (Phi) is 7.41. The van der Waals surface area contributed by atoms with Crippen LogP contribution in [0.3, 0.4) is 0 Å². The van der Waals surface area contributed by atoms with Gasteiger partial charge in [0.05, 0.1) is 11.4 Å². The number of benzene rings is 2. The molecule has 2 aromatic carbocycles. The van der Waals surface area contributed by atoms with Gasteiger partial charge in [-0.25, -0.2) is 13.1 Å². The summed E-state index contributed by atoms with van der Waals surface area (Å²) < 4.78 is 28.1. The van der Waals surface area contributed by atoms with Crippen molar-refractivity contribution in [3.05, 3.63) is 60.2 Å². The second-order valence-electron chi connectivity index (χ2n) is 7.48. The first-order valence-electron chi connectivity index (χ1n) is 10.1. The van der Waals surface area contributed by atoms with Crippen LogP contribution >= 0.6 is 0 Å². The molecule has 0 unspecified atom stereocenters.